The van der Waals surface area contributed by atoms with Crippen molar-refractivity contribution in [1.82, 2.24) is 20.2 Å². The molecule has 0 fully saturated rings. The standard InChI is InChI=1S/C17H14BrN5O/c18-15-5-3-13(4-6-15)12-23-9-7-16(22-23)17(24)21-20-11-14-2-1-8-19-10-14/h1-11H,12H2,(H,21,24)/b20-11-. The molecule has 1 amide bonds. The lowest BCUT2D eigenvalue weighted by atomic mass is 10.2. The summed E-state index contributed by atoms with van der Waals surface area (Å²) in [5.41, 5.74) is 4.67. The van der Waals surface area contributed by atoms with Gasteiger partial charge in [0.2, 0.25) is 0 Å². The minimum absolute atomic E-state index is 0.315. The first-order chi connectivity index (χ1) is 11.7. The van der Waals surface area contributed by atoms with Crippen LogP contribution in [0.1, 0.15) is 21.6 Å². The fourth-order valence-electron chi connectivity index (χ4n) is 2.02. The Labute approximate surface area is 147 Å². The second-order valence-electron chi connectivity index (χ2n) is 5.01. The highest BCUT2D eigenvalue weighted by molar-refractivity contribution is 9.10. The molecule has 7 heteroatoms. The smallest absolute Gasteiger partial charge is 0.268 e. The van der Waals surface area contributed by atoms with Crippen LogP contribution in [-0.2, 0) is 6.54 Å². The van der Waals surface area contributed by atoms with Gasteiger partial charge in [-0.15, -0.1) is 0 Å². The second-order valence-corrected chi connectivity index (χ2v) is 5.93. The van der Waals surface area contributed by atoms with Crippen LogP contribution < -0.4 is 5.43 Å². The molecule has 3 aromatic rings. The molecule has 24 heavy (non-hydrogen) atoms. The van der Waals surface area contributed by atoms with Crippen molar-refractivity contribution >= 4 is 28.1 Å². The Kier molecular flexibility index (Phi) is 5.12. The molecule has 1 N–H and O–H groups in total. The molecule has 0 unspecified atom stereocenters. The molecule has 1 aromatic carbocycles. The Balaban J connectivity index is 1.59. The van der Waals surface area contributed by atoms with Gasteiger partial charge in [0, 0.05) is 28.6 Å². The number of hydrazone groups is 1. The van der Waals surface area contributed by atoms with E-state index in [9.17, 15) is 4.79 Å². The molecular weight excluding hydrogens is 370 g/mol. The van der Waals surface area contributed by atoms with Crippen LogP contribution in [0.3, 0.4) is 0 Å². The number of nitrogens with one attached hydrogen (secondary N) is 1. The number of hydrogen-bond acceptors (Lipinski definition) is 4. The summed E-state index contributed by atoms with van der Waals surface area (Å²) in [7, 11) is 0. The number of aromatic nitrogens is 3. The molecule has 0 radical (unpaired) electrons. The average Bonchev–Trinajstić information content (AvgIpc) is 3.06. The van der Waals surface area contributed by atoms with Gasteiger partial charge in [-0.1, -0.05) is 34.1 Å². The highest BCUT2D eigenvalue weighted by Gasteiger charge is 2.08. The SMILES string of the molecule is O=C(N/N=C\c1cccnc1)c1ccn(Cc2ccc(Br)cc2)n1. The number of halogens is 1. The van der Waals surface area contributed by atoms with Crippen molar-refractivity contribution in [3.63, 3.8) is 0 Å². The van der Waals surface area contributed by atoms with E-state index in [2.05, 4.69) is 36.5 Å². The van der Waals surface area contributed by atoms with Gasteiger partial charge in [-0.2, -0.15) is 10.2 Å². The van der Waals surface area contributed by atoms with Crippen molar-refractivity contribution in [1.29, 1.82) is 0 Å². The maximum absolute atomic E-state index is 12.0. The van der Waals surface area contributed by atoms with Gasteiger partial charge in [0.1, 0.15) is 0 Å². The van der Waals surface area contributed by atoms with E-state index >= 15 is 0 Å². The number of hydrogen-bond donors (Lipinski definition) is 1. The Hall–Kier alpha value is -2.80. The van der Waals surface area contributed by atoms with Crippen LogP contribution >= 0.6 is 15.9 Å². The summed E-state index contributed by atoms with van der Waals surface area (Å²) >= 11 is 3.40. The summed E-state index contributed by atoms with van der Waals surface area (Å²) < 4.78 is 2.74. The average molecular weight is 384 g/mol. The maximum atomic E-state index is 12.0. The van der Waals surface area contributed by atoms with Gasteiger partial charge in [-0.3, -0.25) is 14.5 Å². The summed E-state index contributed by atoms with van der Waals surface area (Å²) in [6.45, 7) is 0.597. The summed E-state index contributed by atoms with van der Waals surface area (Å²) in [6, 6.07) is 13.3. The van der Waals surface area contributed by atoms with E-state index in [4.69, 9.17) is 0 Å². The number of rotatable bonds is 5. The van der Waals surface area contributed by atoms with Gasteiger partial charge in [0.15, 0.2) is 5.69 Å². The highest BCUT2D eigenvalue weighted by Crippen LogP contribution is 2.11. The van der Waals surface area contributed by atoms with Crippen LogP contribution in [0.25, 0.3) is 0 Å². The Morgan fingerprint density at radius 3 is 2.83 bits per heavy atom. The molecule has 120 valence electrons. The lowest BCUT2D eigenvalue weighted by Crippen LogP contribution is -2.18. The van der Waals surface area contributed by atoms with Crippen molar-refractivity contribution in [2.75, 3.05) is 0 Å². The van der Waals surface area contributed by atoms with Gasteiger partial charge in [0.25, 0.3) is 5.91 Å². The Morgan fingerprint density at radius 1 is 1.25 bits per heavy atom. The lowest BCUT2D eigenvalue weighted by molar-refractivity contribution is 0.0949. The van der Waals surface area contributed by atoms with Crippen LogP contribution in [-0.4, -0.2) is 26.9 Å². The van der Waals surface area contributed by atoms with Gasteiger partial charge in [-0.25, -0.2) is 5.43 Å². The molecule has 0 saturated carbocycles. The normalized spacial score (nSPS) is 10.9. The Bertz CT molecular complexity index is 843. The van der Waals surface area contributed by atoms with E-state index in [1.54, 1.807) is 35.4 Å². The summed E-state index contributed by atoms with van der Waals surface area (Å²) in [5, 5.41) is 8.16. The van der Waals surface area contributed by atoms with Crippen molar-refractivity contribution in [3.8, 4) is 0 Å². The van der Waals surface area contributed by atoms with E-state index in [1.165, 1.54) is 6.21 Å². The van der Waals surface area contributed by atoms with Crippen LogP contribution in [0, 0.1) is 0 Å². The summed E-state index contributed by atoms with van der Waals surface area (Å²) in [5.74, 6) is -0.357. The van der Waals surface area contributed by atoms with E-state index in [0.29, 0.717) is 12.2 Å². The third-order valence-corrected chi connectivity index (χ3v) is 3.72. The summed E-state index contributed by atoms with van der Waals surface area (Å²) in [6.07, 6.45) is 6.63. The van der Waals surface area contributed by atoms with Crippen molar-refractivity contribution < 1.29 is 4.79 Å². The molecule has 0 atom stereocenters. The highest BCUT2D eigenvalue weighted by atomic mass is 79.9. The Morgan fingerprint density at radius 2 is 2.08 bits per heavy atom. The number of carbonyl (C=O) groups excluding carboxylic acids is 1. The molecule has 6 nitrogen and oxygen atoms in total. The molecule has 0 aliphatic rings. The topological polar surface area (TPSA) is 72.2 Å². The first-order valence-corrected chi connectivity index (χ1v) is 8.01. The molecular formula is C17H14BrN5O. The van der Waals surface area contributed by atoms with Gasteiger partial charge < -0.3 is 0 Å². The van der Waals surface area contributed by atoms with E-state index < -0.39 is 0 Å². The largest absolute Gasteiger partial charge is 0.291 e. The molecule has 2 heterocycles. The molecule has 0 spiro atoms. The van der Waals surface area contributed by atoms with Crippen molar-refractivity contribution in [2.45, 2.75) is 6.54 Å². The third-order valence-electron chi connectivity index (χ3n) is 3.20. The van der Waals surface area contributed by atoms with Crippen LogP contribution in [0.15, 0.2) is 70.6 Å². The number of amides is 1. The molecule has 2 aromatic heterocycles. The third kappa shape index (κ3) is 4.36. The van der Waals surface area contributed by atoms with Crippen molar-refractivity contribution in [2.24, 2.45) is 5.10 Å². The van der Waals surface area contributed by atoms with Gasteiger partial charge >= 0.3 is 0 Å². The number of carbonyl (C=O) groups is 1. The van der Waals surface area contributed by atoms with Gasteiger partial charge in [-0.05, 0) is 29.8 Å². The number of pyridine rings is 1. The van der Waals surface area contributed by atoms with Crippen molar-refractivity contribution in [3.05, 3.63) is 82.3 Å². The molecule has 0 saturated heterocycles. The van der Waals surface area contributed by atoms with E-state index in [-0.39, 0.29) is 5.91 Å². The first kappa shape index (κ1) is 16.1. The van der Waals surface area contributed by atoms with E-state index in [0.717, 1.165) is 15.6 Å². The molecule has 0 aliphatic heterocycles. The zero-order valence-electron chi connectivity index (χ0n) is 12.6. The molecule has 3 rings (SSSR count). The number of benzene rings is 1. The molecule has 0 bridgehead atoms. The van der Waals surface area contributed by atoms with Gasteiger partial charge in [0.05, 0.1) is 12.8 Å². The zero-order valence-corrected chi connectivity index (χ0v) is 14.2. The predicted molar refractivity (Wildman–Crippen MR) is 94.8 cm³/mol. The minimum atomic E-state index is -0.357. The van der Waals surface area contributed by atoms with Crippen LogP contribution in [0.5, 0.6) is 0 Å². The number of nitrogens with zero attached hydrogens (tertiary/aromatic N) is 4. The quantitative estimate of drug-likeness (QED) is 0.543. The monoisotopic (exact) mass is 383 g/mol. The predicted octanol–water partition coefficient (Wildman–Crippen LogP) is 2.85. The fraction of sp³-hybridized carbons (Fsp3) is 0.0588. The second kappa shape index (κ2) is 7.65. The zero-order chi connectivity index (χ0) is 16.8. The van der Waals surface area contributed by atoms with Crippen LogP contribution in [0.4, 0.5) is 0 Å². The van der Waals surface area contributed by atoms with Crippen LogP contribution in [0.2, 0.25) is 0 Å². The molecule has 0 aliphatic carbocycles. The maximum Gasteiger partial charge on any atom is 0.291 e. The lowest BCUT2D eigenvalue weighted by Gasteiger charge is -2.02. The first-order valence-electron chi connectivity index (χ1n) is 7.22. The minimum Gasteiger partial charge on any atom is -0.268 e. The van der Waals surface area contributed by atoms with E-state index in [1.807, 2.05) is 30.3 Å². The fourth-order valence-corrected chi connectivity index (χ4v) is 2.29. The summed E-state index contributed by atoms with van der Waals surface area (Å²) in [4.78, 5) is 16.0.